The van der Waals surface area contributed by atoms with Crippen LogP contribution in [0.2, 0.25) is 0 Å². The fourth-order valence-electron chi connectivity index (χ4n) is 4.32. The van der Waals surface area contributed by atoms with Gasteiger partial charge in [-0.1, -0.05) is 54.6 Å². The number of benzene rings is 3. The molecule has 7 nitrogen and oxygen atoms in total. The van der Waals surface area contributed by atoms with Crippen molar-refractivity contribution in [2.45, 2.75) is 12.8 Å². The second-order valence-corrected chi connectivity index (χ2v) is 12.3. The molecule has 0 atom stereocenters. The van der Waals surface area contributed by atoms with Crippen molar-refractivity contribution >= 4 is 41.0 Å². The standard InChI is InChI=1S/C28H34N5O2P/c1-33(22-27(35)32-28(29)30)20-19-31-26(34)18-11-21-36(23-12-5-2-6-13-23,24-14-7-3-8-15-24)25-16-9-4-10-17-25/h2-10,12-17H,11,18-22H2,1H3,(H4-,29,30,31,32,34,35)/p+1. The van der Waals surface area contributed by atoms with Crippen molar-refractivity contribution in [2.75, 3.05) is 32.8 Å². The molecule has 3 aromatic rings. The predicted molar refractivity (Wildman–Crippen MR) is 151 cm³/mol. The van der Waals surface area contributed by atoms with Crippen LogP contribution in [0.25, 0.3) is 0 Å². The van der Waals surface area contributed by atoms with Crippen LogP contribution in [-0.2, 0) is 9.59 Å². The van der Waals surface area contributed by atoms with Crippen LogP contribution < -0.4 is 32.7 Å². The maximum atomic E-state index is 12.6. The summed E-state index contributed by atoms with van der Waals surface area (Å²) in [7, 11) is -0.155. The van der Waals surface area contributed by atoms with Crippen LogP contribution in [0, 0.1) is 0 Å². The van der Waals surface area contributed by atoms with E-state index >= 15 is 0 Å². The minimum atomic E-state index is -1.94. The van der Waals surface area contributed by atoms with Gasteiger partial charge in [-0.05, 0) is 49.9 Å². The zero-order valence-electron chi connectivity index (χ0n) is 20.7. The third-order valence-electron chi connectivity index (χ3n) is 5.96. The Bertz CT molecular complexity index is 1040. The van der Waals surface area contributed by atoms with E-state index in [0.29, 0.717) is 19.5 Å². The first kappa shape index (κ1) is 27.1. The van der Waals surface area contributed by atoms with E-state index in [0.717, 1.165) is 12.6 Å². The van der Waals surface area contributed by atoms with Gasteiger partial charge in [-0.3, -0.25) is 14.5 Å². The van der Waals surface area contributed by atoms with E-state index in [2.05, 4.69) is 83.1 Å². The molecule has 0 spiro atoms. The average molecular weight is 505 g/mol. The molecule has 0 aromatic heterocycles. The highest BCUT2D eigenvalue weighted by Gasteiger charge is 2.44. The maximum Gasteiger partial charge on any atom is 0.263 e. The average Bonchev–Trinajstić information content (AvgIpc) is 2.88. The zero-order chi connectivity index (χ0) is 25.8. The van der Waals surface area contributed by atoms with Gasteiger partial charge < -0.3 is 16.8 Å². The Kier molecular flexibility index (Phi) is 10.2. The Morgan fingerprint density at radius 3 is 1.75 bits per heavy atom. The molecule has 0 heterocycles. The van der Waals surface area contributed by atoms with E-state index in [1.165, 1.54) is 15.9 Å². The summed E-state index contributed by atoms with van der Waals surface area (Å²) in [6.07, 6.45) is 2.09. The van der Waals surface area contributed by atoms with Gasteiger partial charge in [-0.15, -0.1) is 0 Å². The first-order valence-corrected chi connectivity index (χ1v) is 14.0. The van der Waals surface area contributed by atoms with E-state index in [1.54, 1.807) is 11.9 Å². The molecule has 188 valence electrons. The van der Waals surface area contributed by atoms with E-state index < -0.39 is 13.2 Å². The SMILES string of the molecule is CN(CCNC(=O)CCC[P+](c1ccccc1)(c1ccccc1)c1ccccc1)CC(=O)N=C(N)N. The van der Waals surface area contributed by atoms with E-state index in [4.69, 9.17) is 11.5 Å². The second kappa shape index (κ2) is 13.5. The van der Waals surface area contributed by atoms with E-state index in [1.807, 2.05) is 18.2 Å². The molecular weight excluding hydrogens is 469 g/mol. The van der Waals surface area contributed by atoms with Gasteiger partial charge in [-0.2, -0.15) is 4.99 Å². The van der Waals surface area contributed by atoms with Crippen molar-refractivity contribution in [3.8, 4) is 0 Å². The van der Waals surface area contributed by atoms with Crippen LogP contribution in [0.5, 0.6) is 0 Å². The minimum Gasteiger partial charge on any atom is -0.370 e. The number of hydrogen-bond donors (Lipinski definition) is 3. The van der Waals surface area contributed by atoms with Crippen molar-refractivity contribution in [1.82, 2.24) is 10.2 Å². The van der Waals surface area contributed by atoms with Gasteiger partial charge in [0.2, 0.25) is 5.91 Å². The van der Waals surface area contributed by atoms with Crippen LogP contribution in [0.15, 0.2) is 96.0 Å². The first-order chi connectivity index (χ1) is 17.4. The van der Waals surface area contributed by atoms with Gasteiger partial charge in [0.1, 0.15) is 23.2 Å². The maximum absolute atomic E-state index is 12.6. The Hall–Kier alpha value is -3.54. The molecule has 2 amide bonds. The number of guanidine groups is 1. The zero-order valence-corrected chi connectivity index (χ0v) is 21.6. The molecule has 0 radical (unpaired) electrons. The molecule has 3 rings (SSSR count). The van der Waals surface area contributed by atoms with Gasteiger partial charge in [-0.25, -0.2) is 0 Å². The van der Waals surface area contributed by atoms with Gasteiger partial charge in [0, 0.05) is 19.5 Å². The number of nitrogens with zero attached hydrogens (tertiary/aromatic N) is 2. The molecule has 0 bridgehead atoms. The summed E-state index contributed by atoms with van der Waals surface area (Å²) < 4.78 is 0. The molecule has 0 unspecified atom stereocenters. The molecule has 36 heavy (non-hydrogen) atoms. The molecule has 0 aliphatic rings. The van der Waals surface area contributed by atoms with Crippen molar-refractivity contribution < 1.29 is 9.59 Å². The lowest BCUT2D eigenvalue weighted by Gasteiger charge is -2.27. The van der Waals surface area contributed by atoms with Crippen molar-refractivity contribution in [1.29, 1.82) is 0 Å². The third kappa shape index (κ3) is 7.48. The number of amides is 2. The Labute approximate surface area is 213 Å². The van der Waals surface area contributed by atoms with E-state index in [-0.39, 0.29) is 18.4 Å². The molecule has 0 aliphatic carbocycles. The van der Waals surface area contributed by atoms with Crippen LogP contribution in [0.4, 0.5) is 0 Å². The fraction of sp³-hybridized carbons (Fsp3) is 0.250. The number of likely N-dealkylation sites (N-methyl/N-ethyl adjacent to an activating group) is 1. The van der Waals surface area contributed by atoms with Gasteiger partial charge in [0.15, 0.2) is 5.96 Å². The lowest BCUT2D eigenvalue weighted by molar-refractivity contribution is -0.121. The third-order valence-corrected chi connectivity index (χ3v) is 10.5. The molecule has 0 saturated heterocycles. The molecule has 5 N–H and O–H groups in total. The summed E-state index contributed by atoms with van der Waals surface area (Å²) in [5.74, 6) is -0.653. The normalized spacial score (nSPS) is 11.2. The molecule has 8 heteroatoms. The van der Waals surface area contributed by atoms with Crippen LogP contribution in [-0.4, -0.2) is 55.5 Å². The number of carbonyl (C=O) groups is 2. The summed E-state index contributed by atoms with van der Waals surface area (Å²) in [5.41, 5.74) is 10.5. The van der Waals surface area contributed by atoms with Gasteiger partial charge in [0.05, 0.1) is 12.7 Å². The Balaban J connectivity index is 1.67. The second-order valence-electron chi connectivity index (χ2n) is 8.66. The summed E-state index contributed by atoms with van der Waals surface area (Å²) in [6, 6.07) is 32.0. The topological polar surface area (TPSA) is 114 Å². The minimum absolute atomic E-state index is 0.00577. The first-order valence-electron chi connectivity index (χ1n) is 12.0. The van der Waals surface area contributed by atoms with Crippen molar-refractivity contribution in [3.63, 3.8) is 0 Å². The number of aliphatic imine (C=N–C) groups is 1. The number of nitrogens with two attached hydrogens (primary N) is 2. The van der Waals surface area contributed by atoms with Crippen LogP contribution >= 0.6 is 7.26 Å². The monoisotopic (exact) mass is 504 g/mol. The van der Waals surface area contributed by atoms with Crippen LogP contribution in [0.3, 0.4) is 0 Å². The lowest BCUT2D eigenvalue weighted by atomic mass is 10.3. The van der Waals surface area contributed by atoms with Crippen molar-refractivity contribution in [2.24, 2.45) is 16.5 Å². The number of nitrogens with one attached hydrogen (secondary N) is 1. The van der Waals surface area contributed by atoms with E-state index in [9.17, 15) is 9.59 Å². The molecule has 3 aromatic carbocycles. The number of hydrogen-bond acceptors (Lipinski definition) is 3. The molecule has 0 aliphatic heterocycles. The molecule has 0 fully saturated rings. The van der Waals surface area contributed by atoms with Gasteiger partial charge >= 0.3 is 0 Å². The van der Waals surface area contributed by atoms with Crippen LogP contribution in [0.1, 0.15) is 12.8 Å². The highest BCUT2D eigenvalue weighted by atomic mass is 31.2. The summed E-state index contributed by atoms with van der Waals surface area (Å²) >= 11 is 0. The fourth-order valence-corrected chi connectivity index (χ4v) is 8.67. The number of rotatable bonds is 12. The highest BCUT2D eigenvalue weighted by Crippen LogP contribution is 2.55. The summed E-state index contributed by atoms with van der Waals surface area (Å²) in [4.78, 5) is 29.6. The largest absolute Gasteiger partial charge is 0.370 e. The Morgan fingerprint density at radius 1 is 0.833 bits per heavy atom. The molecular formula is C28H35N5O2P+. The quantitative estimate of drug-likeness (QED) is 0.197. The summed E-state index contributed by atoms with van der Waals surface area (Å²) in [6.45, 7) is 1.05. The van der Waals surface area contributed by atoms with Crippen molar-refractivity contribution in [3.05, 3.63) is 91.0 Å². The molecule has 0 saturated carbocycles. The Morgan fingerprint density at radius 2 is 1.31 bits per heavy atom. The number of carbonyl (C=O) groups excluding carboxylic acids is 2. The lowest BCUT2D eigenvalue weighted by Crippen LogP contribution is -2.36. The predicted octanol–water partition coefficient (Wildman–Crippen LogP) is 1.61. The summed E-state index contributed by atoms with van der Waals surface area (Å²) in [5, 5.41) is 6.91. The smallest absolute Gasteiger partial charge is 0.263 e. The van der Waals surface area contributed by atoms with Gasteiger partial charge in [0.25, 0.3) is 5.91 Å². The highest BCUT2D eigenvalue weighted by molar-refractivity contribution is 7.95.